The molecule has 0 radical (unpaired) electrons. The molecule has 2 aromatic heterocycles. The fourth-order valence-electron chi connectivity index (χ4n) is 5.44. The summed E-state index contributed by atoms with van der Waals surface area (Å²) in [5.74, 6) is 0.0428. The van der Waals surface area contributed by atoms with Crippen molar-refractivity contribution in [3.63, 3.8) is 0 Å². The van der Waals surface area contributed by atoms with Gasteiger partial charge >= 0.3 is 0 Å². The summed E-state index contributed by atoms with van der Waals surface area (Å²) in [6.45, 7) is 6.97. The van der Waals surface area contributed by atoms with Gasteiger partial charge in [-0.05, 0) is 48.6 Å². The van der Waals surface area contributed by atoms with Crippen LogP contribution in [0.4, 0.5) is 5.69 Å². The number of carbonyl (C=O) groups excluding carboxylic acids is 1. The van der Waals surface area contributed by atoms with Crippen molar-refractivity contribution < 1.29 is 14.6 Å². The van der Waals surface area contributed by atoms with Crippen molar-refractivity contribution in [3.05, 3.63) is 82.8 Å². The van der Waals surface area contributed by atoms with E-state index in [2.05, 4.69) is 53.4 Å². The Bertz CT molecular complexity index is 1480. The molecule has 6 rings (SSSR count). The van der Waals surface area contributed by atoms with Crippen molar-refractivity contribution in [2.45, 2.75) is 56.2 Å². The molecule has 0 fully saturated rings. The molecule has 0 saturated carbocycles. The Balaban J connectivity index is 1.39. The highest BCUT2D eigenvalue weighted by Gasteiger charge is 2.41. The van der Waals surface area contributed by atoms with E-state index in [1.165, 1.54) is 0 Å². The Hall–Kier alpha value is -3.33. The van der Waals surface area contributed by atoms with Crippen LogP contribution in [0.2, 0.25) is 0 Å². The van der Waals surface area contributed by atoms with E-state index < -0.39 is 0 Å². The number of carbonyl (C=O) groups is 1. The lowest BCUT2D eigenvalue weighted by Gasteiger charge is -2.38. The van der Waals surface area contributed by atoms with Crippen molar-refractivity contribution >= 4 is 34.3 Å². The monoisotopic (exact) mass is 514 g/mol. The molecule has 7 nitrogen and oxygen atoms in total. The molecule has 3 N–H and O–H groups in total. The van der Waals surface area contributed by atoms with Gasteiger partial charge in [0, 0.05) is 40.3 Å². The van der Waals surface area contributed by atoms with Crippen molar-refractivity contribution in [2.24, 2.45) is 5.41 Å². The van der Waals surface area contributed by atoms with Gasteiger partial charge in [0.15, 0.2) is 10.9 Å². The Morgan fingerprint density at radius 3 is 2.81 bits per heavy atom. The number of anilines is 1. The van der Waals surface area contributed by atoms with Crippen LogP contribution in [0.3, 0.4) is 0 Å². The van der Waals surface area contributed by atoms with Gasteiger partial charge in [-0.2, -0.15) is 0 Å². The third-order valence-corrected chi connectivity index (χ3v) is 7.84. The number of aromatic nitrogens is 3. The molecule has 8 heteroatoms. The maximum Gasteiger partial charge on any atom is 0.171 e. The van der Waals surface area contributed by atoms with Crippen LogP contribution < -0.4 is 5.32 Å². The standard InChI is InChI=1S/C29H30N4O3S/c1-4-35-36-16-23-27-19(15-30-23)25(26-22(31-27)13-29(2,3)14-24(26)34)17-8-7-9-18(12-17)37-28-32-20-10-5-6-11-21(20)33-28/h5-12,15,25,30-31H,4,13-14,16H2,1-3H3,(H,32,33). The minimum Gasteiger partial charge on any atom is -0.361 e. The van der Waals surface area contributed by atoms with Gasteiger partial charge in [0.1, 0.15) is 6.61 Å². The summed E-state index contributed by atoms with van der Waals surface area (Å²) in [6, 6.07) is 16.5. The zero-order chi connectivity index (χ0) is 25.6. The van der Waals surface area contributed by atoms with Crippen LogP contribution in [0.25, 0.3) is 11.0 Å². The Morgan fingerprint density at radius 1 is 1.11 bits per heavy atom. The summed E-state index contributed by atoms with van der Waals surface area (Å²) in [5.41, 5.74) is 7.76. The number of aromatic amines is 2. The molecule has 4 aromatic rings. The second-order valence-electron chi connectivity index (χ2n) is 10.4. The Labute approximate surface area is 220 Å². The highest BCUT2D eigenvalue weighted by molar-refractivity contribution is 7.99. The zero-order valence-corrected chi connectivity index (χ0v) is 22.0. The summed E-state index contributed by atoms with van der Waals surface area (Å²) in [7, 11) is 0. The second-order valence-corrected chi connectivity index (χ2v) is 11.5. The number of nitrogens with one attached hydrogen (secondary N) is 3. The third-order valence-electron chi connectivity index (χ3n) is 6.97. The molecule has 1 atom stereocenters. The molecule has 3 heterocycles. The summed E-state index contributed by atoms with van der Waals surface area (Å²) in [5, 5.41) is 4.45. The minimum atomic E-state index is -0.164. The smallest absolute Gasteiger partial charge is 0.171 e. The second kappa shape index (κ2) is 9.52. The predicted molar refractivity (Wildman–Crippen MR) is 144 cm³/mol. The van der Waals surface area contributed by atoms with E-state index in [0.717, 1.165) is 61.3 Å². The van der Waals surface area contributed by atoms with Crippen LogP contribution in [0.1, 0.15) is 56.4 Å². The Kier molecular flexibility index (Phi) is 6.18. The minimum absolute atomic E-state index is 0.0950. The van der Waals surface area contributed by atoms with Crippen molar-refractivity contribution in [1.29, 1.82) is 0 Å². The number of hydrogen-bond acceptors (Lipinski definition) is 6. The maximum atomic E-state index is 13.6. The molecule has 190 valence electrons. The zero-order valence-electron chi connectivity index (χ0n) is 21.2. The number of H-pyrrole nitrogens is 2. The molecule has 0 spiro atoms. The first-order valence-corrected chi connectivity index (χ1v) is 13.4. The van der Waals surface area contributed by atoms with Gasteiger partial charge in [-0.25, -0.2) is 14.8 Å². The molecule has 2 aromatic carbocycles. The van der Waals surface area contributed by atoms with Crippen LogP contribution in [0, 0.1) is 5.41 Å². The third kappa shape index (κ3) is 4.61. The molecular formula is C29H30N4O3S. The number of ketones is 1. The first-order chi connectivity index (χ1) is 17.9. The van der Waals surface area contributed by atoms with E-state index in [0.29, 0.717) is 19.6 Å². The molecule has 1 aliphatic heterocycles. The van der Waals surface area contributed by atoms with Crippen LogP contribution in [-0.2, 0) is 21.2 Å². The normalized spacial score (nSPS) is 18.6. The molecule has 1 unspecified atom stereocenters. The quantitative estimate of drug-likeness (QED) is 0.144. The number of imidazole rings is 1. The van der Waals surface area contributed by atoms with Crippen LogP contribution in [0.5, 0.6) is 0 Å². The van der Waals surface area contributed by atoms with Gasteiger partial charge in [0.05, 0.1) is 29.0 Å². The lowest BCUT2D eigenvalue weighted by atomic mass is 9.69. The van der Waals surface area contributed by atoms with Gasteiger partial charge in [0.2, 0.25) is 0 Å². The van der Waals surface area contributed by atoms with Gasteiger partial charge in [-0.3, -0.25) is 4.79 Å². The maximum absolute atomic E-state index is 13.6. The van der Waals surface area contributed by atoms with Crippen LogP contribution >= 0.6 is 11.8 Å². The largest absolute Gasteiger partial charge is 0.361 e. The summed E-state index contributed by atoms with van der Waals surface area (Å²) < 4.78 is 0. The van der Waals surface area contributed by atoms with Crippen LogP contribution in [-0.4, -0.2) is 27.3 Å². The highest BCUT2D eigenvalue weighted by atomic mass is 32.2. The number of fused-ring (bicyclic) bond motifs is 2. The summed E-state index contributed by atoms with van der Waals surface area (Å²) in [4.78, 5) is 36.6. The molecule has 2 aliphatic rings. The average Bonchev–Trinajstić information content (AvgIpc) is 3.45. The van der Waals surface area contributed by atoms with E-state index in [4.69, 9.17) is 14.8 Å². The van der Waals surface area contributed by atoms with Crippen molar-refractivity contribution in [3.8, 4) is 0 Å². The Morgan fingerprint density at radius 2 is 1.97 bits per heavy atom. The summed E-state index contributed by atoms with van der Waals surface area (Å²) >= 11 is 1.59. The van der Waals surface area contributed by atoms with Crippen molar-refractivity contribution in [1.82, 2.24) is 15.0 Å². The van der Waals surface area contributed by atoms with E-state index in [-0.39, 0.29) is 17.1 Å². The molecule has 0 bridgehead atoms. The first-order valence-electron chi connectivity index (χ1n) is 12.6. The fourth-order valence-corrected chi connectivity index (χ4v) is 6.31. The van der Waals surface area contributed by atoms with Gasteiger partial charge in [-0.1, -0.05) is 49.9 Å². The number of nitrogens with zero attached hydrogens (tertiary/aromatic N) is 1. The lowest BCUT2D eigenvalue weighted by Crippen LogP contribution is -2.33. The SMILES string of the molecule is CCOOCc1[nH]cc2c1NC1=C(C(=O)CC(C)(C)C1)C2c1cccc(Sc2nc3ccccc3[nH]2)c1. The van der Waals surface area contributed by atoms with E-state index >= 15 is 0 Å². The lowest BCUT2D eigenvalue weighted by molar-refractivity contribution is -0.301. The van der Waals surface area contributed by atoms with Gasteiger partial charge < -0.3 is 15.3 Å². The van der Waals surface area contributed by atoms with Gasteiger partial charge in [0.25, 0.3) is 0 Å². The van der Waals surface area contributed by atoms with Gasteiger partial charge in [-0.15, -0.1) is 0 Å². The average molecular weight is 515 g/mol. The van der Waals surface area contributed by atoms with E-state index in [1.807, 2.05) is 37.4 Å². The molecule has 0 amide bonds. The van der Waals surface area contributed by atoms with Crippen LogP contribution in [0.15, 0.2) is 76.0 Å². The number of benzene rings is 2. The molecule has 1 aliphatic carbocycles. The number of hydrogen-bond donors (Lipinski definition) is 3. The summed E-state index contributed by atoms with van der Waals surface area (Å²) in [6.07, 6.45) is 3.35. The predicted octanol–water partition coefficient (Wildman–Crippen LogP) is 6.71. The number of rotatable bonds is 7. The fraction of sp³-hybridized carbons (Fsp3) is 0.310. The number of allylic oxidation sites excluding steroid dienone is 2. The number of para-hydroxylation sites is 2. The van der Waals surface area contributed by atoms with E-state index in [1.54, 1.807) is 11.8 Å². The first kappa shape index (κ1) is 24.0. The highest BCUT2D eigenvalue weighted by Crippen LogP contribution is 2.50. The number of Topliss-reactive ketones (excluding diaryl/α,β-unsaturated/α-hetero) is 1. The molecule has 0 saturated heterocycles. The van der Waals surface area contributed by atoms with Crippen molar-refractivity contribution in [2.75, 3.05) is 11.9 Å². The topological polar surface area (TPSA) is 92.0 Å². The molecule has 37 heavy (non-hydrogen) atoms. The van der Waals surface area contributed by atoms with E-state index in [9.17, 15) is 4.79 Å². The molecular weight excluding hydrogens is 484 g/mol.